The molecule has 0 fully saturated rings. The summed E-state index contributed by atoms with van der Waals surface area (Å²) < 4.78 is 10.4. The monoisotopic (exact) mass is 209 g/mol. The SMILES string of the molecule is CN[C@H](C)Cc1cc(OC)cc(OC)c1. The molecule has 0 aliphatic carbocycles. The first-order valence-corrected chi connectivity index (χ1v) is 5.08. The van der Waals surface area contributed by atoms with Crippen molar-refractivity contribution in [2.45, 2.75) is 19.4 Å². The first kappa shape index (κ1) is 11.9. The second kappa shape index (κ2) is 5.61. The normalized spacial score (nSPS) is 12.3. The van der Waals surface area contributed by atoms with Crippen molar-refractivity contribution in [3.8, 4) is 11.5 Å². The molecule has 84 valence electrons. The maximum Gasteiger partial charge on any atom is 0.122 e. The molecule has 0 heterocycles. The summed E-state index contributed by atoms with van der Waals surface area (Å²) in [4.78, 5) is 0. The third-order valence-electron chi connectivity index (χ3n) is 2.45. The molecule has 0 aliphatic heterocycles. The fourth-order valence-corrected chi connectivity index (χ4v) is 1.44. The molecule has 0 spiro atoms. The van der Waals surface area contributed by atoms with Crippen molar-refractivity contribution in [2.75, 3.05) is 21.3 Å². The molecule has 1 aromatic rings. The molecule has 0 bridgehead atoms. The van der Waals surface area contributed by atoms with E-state index in [1.165, 1.54) is 5.56 Å². The van der Waals surface area contributed by atoms with Crippen LogP contribution in [0.25, 0.3) is 0 Å². The Morgan fingerprint density at radius 3 is 2.07 bits per heavy atom. The van der Waals surface area contributed by atoms with Crippen molar-refractivity contribution < 1.29 is 9.47 Å². The fraction of sp³-hybridized carbons (Fsp3) is 0.500. The van der Waals surface area contributed by atoms with E-state index in [1.54, 1.807) is 14.2 Å². The van der Waals surface area contributed by atoms with Crippen molar-refractivity contribution in [3.63, 3.8) is 0 Å². The van der Waals surface area contributed by atoms with Gasteiger partial charge in [0.15, 0.2) is 0 Å². The van der Waals surface area contributed by atoms with Gasteiger partial charge in [0.05, 0.1) is 14.2 Å². The average Bonchev–Trinajstić information content (AvgIpc) is 2.28. The van der Waals surface area contributed by atoms with Crippen molar-refractivity contribution in [3.05, 3.63) is 23.8 Å². The Kier molecular flexibility index (Phi) is 4.43. The highest BCUT2D eigenvalue weighted by Gasteiger charge is 2.05. The first-order valence-electron chi connectivity index (χ1n) is 5.08. The van der Waals surface area contributed by atoms with Crippen LogP contribution in [0.4, 0.5) is 0 Å². The Hall–Kier alpha value is -1.22. The zero-order valence-corrected chi connectivity index (χ0v) is 9.83. The lowest BCUT2D eigenvalue weighted by atomic mass is 10.1. The number of likely N-dealkylation sites (N-methyl/N-ethyl adjacent to an activating group) is 1. The van der Waals surface area contributed by atoms with Gasteiger partial charge in [0, 0.05) is 12.1 Å². The van der Waals surface area contributed by atoms with Gasteiger partial charge in [-0.25, -0.2) is 0 Å². The molecule has 0 radical (unpaired) electrons. The van der Waals surface area contributed by atoms with Gasteiger partial charge in [-0.2, -0.15) is 0 Å². The zero-order valence-electron chi connectivity index (χ0n) is 9.83. The quantitative estimate of drug-likeness (QED) is 0.803. The molecule has 0 unspecified atom stereocenters. The highest BCUT2D eigenvalue weighted by atomic mass is 16.5. The third-order valence-corrected chi connectivity index (χ3v) is 2.45. The van der Waals surface area contributed by atoms with Gasteiger partial charge in [-0.05, 0) is 38.1 Å². The summed E-state index contributed by atoms with van der Waals surface area (Å²) in [5.41, 5.74) is 1.22. The minimum Gasteiger partial charge on any atom is -0.497 e. The summed E-state index contributed by atoms with van der Waals surface area (Å²) in [6.45, 7) is 2.14. The van der Waals surface area contributed by atoms with Crippen LogP contribution in [-0.2, 0) is 6.42 Å². The number of nitrogens with one attached hydrogen (secondary N) is 1. The molecule has 3 heteroatoms. The lowest BCUT2D eigenvalue weighted by molar-refractivity contribution is 0.393. The van der Waals surface area contributed by atoms with E-state index in [2.05, 4.69) is 12.2 Å². The summed E-state index contributed by atoms with van der Waals surface area (Å²) in [6.07, 6.45) is 0.962. The Morgan fingerprint density at radius 2 is 1.67 bits per heavy atom. The molecule has 0 aromatic heterocycles. The van der Waals surface area contributed by atoms with Crippen molar-refractivity contribution in [1.82, 2.24) is 5.32 Å². The van der Waals surface area contributed by atoms with Crippen LogP contribution in [0.1, 0.15) is 12.5 Å². The van der Waals surface area contributed by atoms with Crippen LogP contribution >= 0.6 is 0 Å². The smallest absolute Gasteiger partial charge is 0.122 e. The van der Waals surface area contributed by atoms with Gasteiger partial charge in [0.25, 0.3) is 0 Å². The Bertz CT molecular complexity index is 290. The number of hydrogen-bond donors (Lipinski definition) is 1. The summed E-state index contributed by atoms with van der Waals surface area (Å²) in [5.74, 6) is 1.68. The van der Waals surface area contributed by atoms with Gasteiger partial charge in [-0.1, -0.05) is 0 Å². The topological polar surface area (TPSA) is 30.5 Å². The van der Waals surface area contributed by atoms with Gasteiger partial charge in [0.2, 0.25) is 0 Å². The standard InChI is InChI=1S/C12H19NO2/c1-9(13-2)5-10-6-11(14-3)8-12(7-10)15-4/h6-9,13H,5H2,1-4H3/t9-/m1/s1. The lowest BCUT2D eigenvalue weighted by Crippen LogP contribution is -2.23. The van der Waals surface area contributed by atoms with Gasteiger partial charge in [0.1, 0.15) is 11.5 Å². The second-order valence-electron chi connectivity index (χ2n) is 3.61. The van der Waals surface area contributed by atoms with Crippen molar-refractivity contribution in [1.29, 1.82) is 0 Å². The zero-order chi connectivity index (χ0) is 11.3. The van der Waals surface area contributed by atoms with E-state index in [4.69, 9.17) is 9.47 Å². The Morgan fingerprint density at radius 1 is 1.13 bits per heavy atom. The third kappa shape index (κ3) is 3.44. The predicted octanol–water partition coefficient (Wildman–Crippen LogP) is 1.85. The van der Waals surface area contributed by atoms with Crippen LogP contribution in [0.3, 0.4) is 0 Å². The maximum absolute atomic E-state index is 5.21. The largest absolute Gasteiger partial charge is 0.497 e. The van der Waals surface area contributed by atoms with Crippen LogP contribution in [-0.4, -0.2) is 27.3 Å². The summed E-state index contributed by atoms with van der Waals surface area (Å²) in [6, 6.07) is 6.40. The van der Waals surface area contributed by atoms with Crippen LogP contribution in [0.5, 0.6) is 11.5 Å². The minimum atomic E-state index is 0.446. The number of hydrogen-bond acceptors (Lipinski definition) is 3. The number of benzene rings is 1. The van der Waals surface area contributed by atoms with Crippen LogP contribution < -0.4 is 14.8 Å². The molecule has 15 heavy (non-hydrogen) atoms. The van der Waals surface area contributed by atoms with E-state index in [0.717, 1.165) is 17.9 Å². The molecule has 0 saturated carbocycles. The molecule has 0 amide bonds. The molecule has 0 saturated heterocycles. The molecule has 0 aliphatic rings. The highest BCUT2D eigenvalue weighted by molar-refractivity contribution is 5.38. The molecular weight excluding hydrogens is 190 g/mol. The van der Waals surface area contributed by atoms with Gasteiger partial charge in [-0.3, -0.25) is 0 Å². The number of rotatable bonds is 5. The predicted molar refractivity (Wildman–Crippen MR) is 61.8 cm³/mol. The van der Waals surface area contributed by atoms with E-state index in [0.29, 0.717) is 6.04 Å². The molecule has 1 aromatic carbocycles. The summed E-state index contributed by atoms with van der Waals surface area (Å²) in [7, 11) is 5.29. The second-order valence-corrected chi connectivity index (χ2v) is 3.61. The van der Waals surface area contributed by atoms with Gasteiger partial charge in [-0.15, -0.1) is 0 Å². The lowest BCUT2D eigenvalue weighted by Gasteiger charge is -2.12. The van der Waals surface area contributed by atoms with E-state index >= 15 is 0 Å². The molecule has 1 N–H and O–H groups in total. The van der Waals surface area contributed by atoms with Crippen molar-refractivity contribution in [2.24, 2.45) is 0 Å². The van der Waals surface area contributed by atoms with Crippen molar-refractivity contribution >= 4 is 0 Å². The maximum atomic E-state index is 5.21. The summed E-state index contributed by atoms with van der Waals surface area (Å²) >= 11 is 0. The molecule has 3 nitrogen and oxygen atoms in total. The Balaban J connectivity index is 2.86. The van der Waals surface area contributed by atoms with Gasteiger partial charge >= 0.3 is 0 Å². The van der Waals surface area contributed by atoms with E-state index < -0.39 is 0 Å². The number of ether oxygens (including phenoxy) is 2. The van der Waals surface area contributed by atoms with Crippen LogP contribution in [0.2, 0.25) is 0 Å². The molecular formula is C12H19NO2. The van der Waals surface area contributed by atoms with Crippen LogP contribution in [0, 0.1) is 0 Å². The first-order chi connectivity index (χ1) is 7.19. The van der Waals surface area contributed by atoms with Gasteiger partial charge < -0.3 is 14.8 Å². The summed E-state index contributed by atoms with van der Waals surface area (Å²) in [5, 5.41) is 3.21. The molecule has 1 rings (SSSR count). The fourth-order valence-electron chi connectivity index (χ4n) is 1.44. The number of methoxy groups -OCH3 is 2. The highest BCUT2D eigenvalue weighted by Crippen LogP contribution is 2.23. The average molecular weight is 209 g/mol. The van der Waals surface area contributed by atoms with Crippen LogP contribution in [0.15, 0.2) is 18.2 Å². The van der Waals surface area contributed by atoms with E-state index in [9.17, 15) is 0 Å². The van der Waals surface area contributed by atoms with E-state index in [-0.39, 0.29) is 0 Å². The Labute approximate surface area is 91.4 Å². The minimum absolute atomic E-state index is 0.446. The molecule has 1 atom stereocenters. The van der Waals surface area contributed by atoms with E-state index in [1.807, 2.05) is 25.2 Å².